The van der Waals surface area contributed by atoms with Crippen LogP contribution in [0, 0.1) is 0 Å². The molecule has 1 amide bonds. The quantitative estimate of drug-likeness (QED) is 0.307. The normalized spacial score (nSPS) is 27.3. The first-order valence-corrected chi connectivity index (χ1v) is 4.44. The number of ether oxygens (including phenoxy) is 2. The van der Waals surface area contributed by atoms with Crippen LogP contribution in [0.1, 0.15) is 20.3 Å². The van der Waals surface area contributed by atoms with Gasteiger partial charge in [0.25, 0.3) is 0 Å². The van der Waals surface area contributed by atoms with E-state index in [1.54, 1.807) is 13.8 Å². The minimum absolute atomic E-state index is 0.0827. The largest absolute Gasteiger partial charge is 0.390 e. The molecule has 1 heterocycles. The molecule has 82 valence electrons. The molecule has 0 unspecified atom stereocenters. The molecule has 1 fully saturated rings. The highest BCUT2D eigenvalue weighted by molar-refractivity contribution is 5.75. The standard InChI is InChI=1S/C8H16N2O4/c1-8(2)13-4-6(14-8)5(11)3-7(12)10-9/h5-6,11H,3-4,9H2,1-2H3,(H,10,12)/t5-,6+/m1/s1. The predicted octanol–water partition coefficient (Wildman–Crippen LogP) is -1.12. The van der Waals surface area contributed by atoms with Crippen LogP contribution in [0.5, 0.6) is 0 Å². The van der Waals surface area contributed by atoms with Gasteiger partial charge in [0.15, 0.2) is 5.79 Å². The molecule has 0 bridgehead atoms. The third kappa shape index (κ3) is 2.91. The van der Waals surface area contributed by atoms with Crippen molar-refractivity contribution >= 4 is 5.91 Å². The molecule has 1 aliphatic rings. The lowest BCUT2D eigenvalue weighted by molar-refractivity contribution is -0.153. The second-order valence-electron chi connectivity index (χ2n) is 3.71. The van der Waals surface area contributed by atoms with Gasteiger partial charge in [0.2, 0.25) is 5.91 Å². The third-order valence-electron chi connectivity index (χ3n) is 2.02. The SMILES string of the molecule is CC1(C)OC[C@@H]([C@H](O)CC(=O)NN)O1. The van der Waals surface area contributed by atoms with Gasteiger partial charge in [-0.15, -0.1) is 0 Å². The lowest BCUT2D eigenvalue weighted by Gasteiger charge is -2.19. The fourth-order valence-electron chi connectivity index (χ4n) is 1.29. The number of hydrogen-bond acceptors (Lipinski definition) is 5. The first kappa shape index (κ1) is 11.4. The first-order valence-electron chi connectivity index (χ1n) is 4.44. The Morgan fingerprint density at radius 3 is 2.86 bits per heavy atom. The zero-order chi connectivity index (χ0) is 10.8. The van der Waals surface area contributed by atoms with E-state index in [1.807, 2.05) is 5.43 Å². The molecule has 0 aromatic carbocycles. The van der Waals surface area contributed by atoms with Crippen LogP contribution in [0.4, 0.5) is 0 Å². The summed E-state index contributed by atoms with van der Waals surface area (Å²) in [6.45, 7) is 3.79. The van der Waals surface area contributed by atoms with E-state index in [0.29, 0.717) is 0 Å². The lowest BCUT2D eigenvalue weighted by Crippen LogP contribution is -2.38. The maximum Gasteiger partial charge on any atom is 0.236 e. The van der Waals surface area contributed by atoms with Crippen molar-refractivity contribution in [2.45, 2.75) is 38.3 Å². The Balaban J connectivity index is 2.39. The minimum atomic E-state index is -0.889. The molecule has 0 aromatic heterocycles. The van der Waals surface area contributed by atoms with Crippen LogP contribution in [0.3, 0.4) is 0 Å². The number of hydrogen-bond donors (Lipinski definition) is 3. The Bertz CT molecular complexity index is 219. The van der Waals surface area contributed by atoms with Crippen molar-refractivity contribution in [1.82, 2.24) is 5.43 Å². The third-order valence-corrected chi connectivity index (χ3v) is 2.02. The van der Waals surface area contributed by atoms with Gasteiger partial charge >= 0.3 is 0 Å². The molecule has 0 saturated carbocycles. The summed E-state index contributed by atoms with van der Waals surface area (Å²) in [4.78, 5) is 10.8. The average Bonchev–Trinajstić information content (AvgIpc) is 2.46. The van der Waals surface area contributed by atoms with Gasteiger partial charge in [0, 0.05) is 0 Å². The van der Waals surface area contributed by atoms with Crippen LogP contribution in [0.25, 0.3) is 0 Å². The molecule has 1 rings (SSSR count). The number of nitrogens with one attached hydrogen (secondary N) is 1. The zero-order valence-electron chi connectivity index (χ0n) is 8.32. The smallest absolute Gasteiger partial charge is 0.236 e. The topological polar surface area (TPSA) is 93.8 Å². The number of hydrazine groups is 1. The maximum absolute atomic E-state index is 10.8. The van der Waals surface area contributed by atoms with Gasteiger partial charge in [-0.25, -0.2) is 5.84 Å². The fraction of sp³-hybridized carbons (Fsp3) is 0.875. The average molecular weight is 204 g/mol. The van der Waals surface area contributed by atoms with E-state index in [1.165, 1.54) is 0 Å². The van der Waals surface area contributed by atoms with Crippen LogP contribution in [0.2, 0.25) is 0 Å². The van der Waals surface area contributed by atoms with E-state index in [4.69, 9.17) is 15.3 Å². The predicted molar refractivity (Wildman–Crippen MR) is 47.9 cm³/mol. The van der Waals surface area contributed by atoms with E-state index in [-0.39, 0.29) is 13.0 Å². The molecule has 6 nitrogen and oxygen atoms in total. The molecule has 0 radical (unpaired) electrons. The van der Waals surface area contributed by atoms with Crippen LogP contribution >= 0.6 is 0 Å². The monoisotopic (exact) mass is 204 g/mol. The number of nitrogens with two attached hydrogens (primary N) is 1. The second kappa shape index (κ2) is 4.22. The molecule has 0 spiro atoms. The first-order chi connectivity index (χ1) is 6.44. The number of carbonyl (C=O) groups excluding carboxylic acids is 1. The van der Waals surface area contributed by atoms with Crippen molar-refractivity contribution in [3.8, 4) is 0 Å². The van der Waals surface area contributed by atoms with Crippen LogP contribution in [-0.2, 0) is 14.3 Å². The van der Waals surface area contributed by atoms with Gasteiger partial charge in [-0.3, -0.25) is 10.2 Å². The van der Waals surface area contributed by atoms with Crippen LogP contribution in [0.15, 0.2) is 0 Å². The van der Waals surface area contributed by atoms with Gasteiger partial charge in [-0.05, 0) is 13.8 Å². The van der Waals surface area contributed by atoms with E-state index in [2.05, 4.69) is 0 Å². The fourth-order valence-corrected chi connectivity index (χ4v) is 1.29. The van der Waals surface area contributed by atoms with Crippen molar-refractivity contribution in [2.24, 2.45) is 5.84 Å². The summed E-state index contributed by atoms with van der Waals surface area (Å²) in [5.74, 6) is 3.77. The van der Waals surface area contributed by atoms with Crippen molar-refractivity contribution in [3.63, 3.8) is 0 Å². The van der Waals surface area contributed by atoms with Gasteiger partial charge in [0.1, 0.15) is 6.10 Å². The van der Waals surface area contributed by atoms with E-state index >= 15 is 0 Å². The van der Waals surface area contributed by atoms with Crippen LogP contribution < -0.4 is 11.3 Å². The molecular weight excluding hydrogens is 188 g/mol. The second-order valence-corrected chi connectivity index (χ2v) is 3.71. The Morgan fingerprint density at radius 1 is 1.79 bits per heavy atom. The summed E-state index contributed by atoms with van der Waals surface area (Å²) in [5, 5.41) is 9.56. The highest BCUT2D eigenvalue weighted by atomic mass is 16.7. The van der Waals surface area contributed by atoms with Crippen molar-refractivity contribution in [3.05, 3.63) is 0 Å². The van der Waals surface area contributed by atoms with Crippen molar-refractivity contribution in [1.29, 1.82) is 0 Å². The van der Waals surface area contributed by atoms with Gasteiger partial charge in [-0.1, -0.05) is 0 Å². The van der Waals surface area contributed by atoms with E-state index < -0.39 is 23.9 Å². The van der Waals surface area contributed by atoms with Gasteiger partial charge in [-0.2, -0.15) is 0 Å². The van der Waals surface area contributed by atoms with Crippen molar-refractivity contribution < 1.29 is 19.4 Å². The summed E-state index contributed by atoms with van der Waals surface area (Å²) >= 11 is 0. The Morgan fingerprint density at radius 2 is 2.43 bits per heavy atom. The number of amides is 1. The summed E-state index contributed by atoms with van der Waals surface area (Å²) in [6.07, 6.45) is -1.44. The molecule has 0 aromatic rings. The molecule has 4 N–H and O–H groups in total. The summed E-state index contributed by atoms with van der Waals surface area (Å²) < 4.78 is 10.6. The highest BCUT2D eigenvalue weighted by Crippen LogP contribution is 2.24. The number of aliphatic hydroxyl groups is 1. The Hall–Kier alpha value is -0.690. The Kier molecular flexibility index (Phi) is 3.43. The van der Waals surface area contributed by atoms with Gasteiger partial charge in [0.05, 0.1) is 19.1 Å². The summed E-state index contributed by atoms with van der Waals surface area (Å²) in [7, 11) is 0. The highest BCUT2D eigenvalue weighted by Gasteiger charge is 2.37. The van der Waals surface area contributed by atoms with Crippen molar-refractivity contribution in [2.75, 3.05) is 6.61 Å². The minimum Gasteiger partial charge on any atom is -0.390 e. The summed E-state index contributed by atoms with van der Waals surface area (Å²) in [6, 6.07) is 0. The van der Waals surface area contributed by atoms with E-state index in [9.17, 15) is 9.90 Å². The molecule has 14 heavy (non-hydrogen) atoms. The molecular formula is C8H16N2O4. The molecule has 6 heteroatoms. The number of rotatable bonds is 3. The van der Waals surface area contributed by atoms with E-state index in [0.717, 1.165) is 0 Å². The molecule has 0 aliphatic carbocycles. The number of carbonyl (C=O) groups is 1. The molecule has 1 saturated heterocycles. The molecule has 1 aliphatic heterocycles. The summed E-state index contributed by atoms with van der Waals surface area (Å²) in [5.41, 5.74) is 1.94. The number of aliphatic hydroxyl groups excluding tert-OH is 1. The molecule has 2 atom stereocenters. The van der Waals surface area contributed by atoms with Gasteiger partial charge < -0.3 is 14.6 Å². The Labute approximate surface area is 82.3 Å². The lowest BCUT2D eigenvalue weighted by atomic mass is 10.1. The van der Waals surface area contributed by atoms with Crippen LogP contribution in [-0.4, -0.2) is 35.6 Å². The maximum atomic E-state index is 10.8. The zero-order valence-corrected chi connectivity index (χ0v) is 8.32.